The fourth-order valence-electron chi connectivity index (χ4n) is 1.82. The molecule has 7 nitrogen and oxygen atoms in total. The Morgan fingerprint density at radius 2 is 2.16 bits per heavy atom. The Hall–Kier alpha value is -1.75. The number of anilines is 2. The normalized spacial score (nSPS) is 11.3. The van der Waals surface area contributed by atoms with Gasteiger partial charge in [0.05, 0.1) is 19.0 Å². The first-order valence-electron chi connectivity index (χ1n) is 5.97. The van der Waals surface area contributed by atoms with Crippen LogP contribution in [0.15, 0.2) is 4.90 Å². The molecule has 1 rings (SSSR count). The van der Waals surface area contributed by atoms with Crippen molar-refractivity contribution in [2.45, 2.75) is 31.2 Å². The average molecular weight is 285 g/mol. The Morgan fingerprint density at radius 3 is 2.63 bits per heavy atom. The molecule has 106 valence electrons. The van der Waals surface area contributed by atoms with Crippen LogP contribution in [-0.2, 0) is 16.4 Å². The van der Waals surface area contributed by atoms with Crippen LogP contribution in [0.1, 0.15) is 19.8 Å². The SMILES string of the molecule is CCCN(C)c1nn(CCC#N)c(N)c1S(C)(=O)=O. The van der Waals surface area contributed by atoms with Gasteiger partial charge in [-0.05, 0) is 6.42 Å². The highest BCUT2D eigenvalue weighted by Gasteiger charge is 2.26. The van der Waals surface area contributed by atoms with E-state index in [0.29, 0.717) is 12.4 Å². The standard InChI is InChI=1S/C11H19N5O2S/c1-4-7-15(2)11-9(19(3,17)18)10(13)16(14-11)8-5-6-12/h4-5,7-8,13H2,1-3H3. The third kappa shape index (κ3) is 3.38. The van der Waals surface area contributed by atoms with Crippen LogP contribution in [0.4, 0.5) is 11.6 Å². The maximum atomic E-state index is 11.8. The van der Waals surface area contributed by atoms with Gasteiger partial charge in [0.15, 0.2) is 20.6 Å². The van der Waals surface area contributed by atoms with E-state index in [1.807, 2.05) is 13.0 Å². The first kappa shape index (κ1) is 15.3. The number of nitriles is 1. The molecular formula is C11H19N5O2S. The lowest BCUT2D eigenvalue weighted by Gasteiger charge is -2.16. The summed E-state index contributed by atoms with van der Waals surface area (Å²) in [6.07, 6.45) is 2.20. The van der Waals surface area contributed by atoms with Crippen molar-refractivity contribution in [1.82, 2.24) is 9.78 Å². The van der Waals surface area contributed by atoms with E-state index in [4.69, 9.17) is 11.0 Å². The van der Waals surface area contributed by atoms with Crippen LogP contribution in [0, 0.1) is 11.3 Å². The molecule has 0 saturated heterocycles. The molecule has 8 heteroatoms. The van der Waals surface area contributed by atoms with Crippen molar-refractivity contribution < 1.29 is 8.42 Å². The Morgan fingerprint density at radius 1 is 1.53 bits per heavy atom. The number of nitrogens with two attached hydrogens (primary N) is 1. The van der Waals surface area contributed by atoms with E-state index < -0.39 is 9.84 Å². The minimum atomic E-state index is -3.46. The predicted octanol–water partition coefficient (Wildman–Crippen LogP) is 0.629. The third-order valence-electron chi connectivity index (χ3n) is 2.66. The molecule has 1 aromatic rings. The van der Waals surface area contributed by atoms with Crippen molar-refractivity contribution >= 4 is 21.5 Å². The second kappa shape index (κ2) is 5.93. The zero-order valence-corrected chi connectivity index (χ0v) is 12.2. The minimum Gasteiger partial charge on any atom is -0.383 e. The van der Waals surface area contributed by atoms with Gasteiger partial charge in [-0.3, -0.25) is 0 Å². The highest BCUT2D eigenvalue weighted by atomic mass is 32.2. The number of hydrogen-bond donors (Lipinski definition) is 1. The number of nitrogen functional groups attached to an aromatic ring is 1. The van der Waals surface area contributed by atoms with Gasteiger partial charge in [0, 0.05) is 19.8 Å². The maximum Gasteiger partial charge on any atom is 0.182 e. The molecule has 0 atom stereocenters. The highest BCUT2D eigenvalue weighted by Crippen LogP contribution is 2.29. The highest BCUT2D eigenvalue weighted by molar-refractivity contribution is 7.91. The molecule has 0 radical (unpaired) electrons. The molecule has 2 N–H and O–H groups in total. The van der Waals surface area contributed by atoms with E-state index in [9.17, 15) is 8.42 Å². The van der Waals surface area contributed by atoms with E-state index in [0.717, 1.165) is 12.7 Å². The van der Waals surface area contributed by atoms with E-state index in [2.05, 4.69) is 5.10 Å². The summed E-state index contributed by atoms with van der Waals surface area (Å²) in [6.45, 7) is 2.95. The van der Waals surface area contributed by atoms with Gasteiger partial charge in [0.1, 0.15) is 5.82 Å². The number of rotatable bonds is 6. The summed E-state index contributed by atoms with van der Waals surface area (Å²) in [7, 11) is -1.69. The van der Waals surface area contributed by atoms with Crippen molar-refractivity contribution in [2.24, 2.45) is 0 Å². The zero-order chi connectivity index (χ0) is 14.6. The molecule has 19 heavy (non-hydrogen) atoms. The van der Waals surface area contributed by atoms with Crippen molar-refractivity contribution in [3.8, 4) is 6.07 Å². The molecule has 0 unspecified atom stereocenters. The third-order valence-corrected chi connectivity index (χ3v) is 3.79. The van der Waals surface area contributed by atoms with Gasteiger partial charge in [0.25, 0.3) is 0 Å². The smallest absolute Gasteiger partial charge is 0.182 e. The Bertz CT molecular complexity index is 585. The first-order chi connectivity index (χ1) is 8.82. The van der Waals surface area contributed by atoms with Gasteiger partial charge in [-0.1, -0.05) is 6.92 Å². The molecule has 1 aromatic heterocycles. The number of aromatic nitrogens is 2. The van der Waals surface area contributed by atoms with Crippen LogP contribution >= 0.6 is 0 Å². The van der Waals surface area contributed by atoms with Crippen LogP contribution in [0.5, 0.6) is 0 Å². The van der Waals surface area contributed by atoms with Crippen LogP contribution in [0.2, 0.25) is 0 Å². The minimum absolute atomic E-state index is 0.0430. The molecule has 0 aliphatic carbocycles. The molecule has 0 aliphatic heterocycles. The summed E-state index contributed by atoms with van der Waals surface area (Å²) >= 11 is 0. The van der Waals surface area contributed by atoms with Gasteiger partial charge >= 0.3 is 0 Å². The lowest BCUT2D eigenvalue weighted by atomic mass is 10.4. The van der Waals surface area contributed by atoms with Gasteiger partial charge in [-0.25, -0.2) is 13.1 Å². The van der Waals surface area contributed by atoms with E-state index in [1.165, 1.54) is 4.68 Å². The second-order valence-electron chi connectivity index (χ2n) is 4.36. The largest absolute Gasteiger partial charge is 0.383 e. The van der Waals surface area contributed by atoms with Crippen molar-refractivity contribution in [2.75, 3.05) is 30.5 Å². The van der Waals surface area contributed by atoms with Crippen molar-refractivity contribution in [3.05, 3.63) is 0 Å². The maximum absolute atomic E-state index is 11.8. The van der Waals surface area contributed by atoms with Gasteiger partial charge in [-0.2, -0.15) is 10.4 Å². The molecule has 1 heterocycles. The monoisotopic (exact) mass is 285 g/mol. The molecule has 0 fully saturated rings. The average Bonchev–Trinajstić information content (AvgIpc) is 2.64. The van der Waals surface area contributed by atoms with Crippen LogP contribution in [0.25, 0.3) is 0 Å². The van der Waals surface area contributed by atoms with Crippen LogP contribution < -0.4 is 10.6 Å². The van der Waals surface area contributed by atoms with Gasteiger partial charge in [-0.15, -0.1) is 0 Å². The summed E-state index contributed by atoms with van der Waals surface area (Å²) < 4.78 is 25.1. The summed E-state index contributed by atoms with van der Waals surface area (Å²) in [5.41, 5.74) is 5.85. The quantitative estimate of drug-likeness (QED) is 0.821. The van der Waals surface area contributed by atoms with Crippen LogP contribution in [-0.4, -0.2) is 38.0 Å². The Balaban J connectivity index is 3.33. The number of aryl methyl sites for hydroxylation is 1. The molecule has 0 saturated carbocycles. The summed E-state index contributed by atoms with van der Waals surface area (Å²) in [6, 6.07) is 1.99. The van der Waals surface area contributed by atoms with Gasteiger partial charge < -0.3 is 10.6 Å². The van der Waals surface area contributed by atoms with Crippen molar-refractivity contribution in [1.29, 1.82) is 5.26 Å². The lowest BCUT2D eigenvalue weighted by molar-refractivity contribution is 0.601. The summed E-state index contributed by atoms with van der Waals surface area (Å²) in [5.74, 6) is 0.440. The summed E-state index contributed by atoms with van der Waals surface area (Å²) in [4.78, 5) is 1.80. The number of hydrogen-bond acceptors (Lipinski definition) is 6. The first-order valence-corrected chi connectivity index (χ1v) is 7.86. The predicted molar refractivity (Wildman–Crippen MR) is 73.5 cm³/mol. The van der Waals surface area contributed by atoms with E-state index >= 15 is 0 Å². The topological polar surface area (TPSA) is 105 Å². The number of nitrogens with zero attached hydrogens (tertiary/aromatic N) is 4. The fourth-order valence-corrected chi connectivity index (χ4v) is 2.83. The number of sulfone groups is 1. The fraction of sp³-hybridized carbons (Fsp3) is 0.636. The molecule has 0 aromatic carbocycles. The second-order valence-corrected chi connectivity index (χ2v) is 6.32. The zero-order valence-electron chi connectivity index (χ0n) is 11.4. The Labute approximate surface area is 113 Å². The lowest BCUT2D eigenvalue weighted by Crippen LogP contribution is -2.20. The Kier molecular flexibility index (Phi) is 4.78. The van der Waals surface area contributed by atoms with E-state index in [-0.39, 0.29) is 23.7 Å². The van der Waals surface area contributed by atoms with Gasteiger partial charge in [0.2, 0.25) is 0 Å². The molecule has 0 spiro atoms. The molecular weight excluding hydrogens is 266 g/mol. The molecule has 0 amide bonds. The van der Waals surface area contributed by atoms with E-state index in [1.54, 1.807) is 11.9 Å². The summed E-state index contributed by atoms with van der Waals surface area (Å²) in [5, 5.41) is 12.8. The van der Waals surface area contributed by atoms with Crippen molar-refractivity contribution in [3.63, 3.8) is 0 Å². The van der Waals surface area contributed by atoms with Crippen LogP contribution in [0.3, 0.4) is 0 Å². The molecule has 0 aliphatic rings. The molecule has 0 bridgehead atoms.